The van der Waals surface area contributed by atoms with E-state index in [4.69, 9.17) is 5.11 Å². The Bertz CT molecular complexity index is 363. The SMILES string of the molecule is CC(=O)SCC(C)C(=O)N1C[C@@H](I)C[C@H]1C(=O)O. The van der Waals surface area contributed by atoms with Gasteiger partial charge in [-0.25, -0.2) is 4.79 Å². The minimum absolute atomic E-state index is 0.0300. The lowest BCUT2D eigenvalue weighted by molar-refractivity contribution is -0.149. The van der Waals surface area contributed by atoms with Crippen molar-refractivity contribution in [2.24, 2.45) is 5.92 Å². The number of carbonyl (C=O) groups excluding carboxylic acids is 2. The number of aliphatic carboxylic acids is 1. The van der Waals surface area contributed by atoms with Gasteiger partial charge in [0.1, 0.15) is 6.04 Å². The van der Waals surface area contributed by atoms with E-state index in [2.05, 4.69) is 22.6 Å². The van der Waals surface area contributed by atoms with Crippen LogP contribution >= 0.6 is 34.4 Å². The monoisotopic (exact) mass is 385 g/mol. The Balaban J connectivity index is 2.64. The summed E-state index contributed by atoms with van der Waals surface area (Å²) in [5, 5.41) is 9.06. The fraction of sp³-hybridized carbons (Fsp3) is 0.727. The third kappa shape index (κ3) is 4.11. The largest absolute Gasteiger partial charge is 0.480 e. The highest BCUT2D eigenvalue weighted by Gasteiger charge is 2.39. The van der Waals surface area contributed by atoms with Crippen molar-refractivity contribution in [3.63, 3.8) is 0 Å². The fourth-order valence-electron chi connectivity index (χ4n) is 1.86. The Morgan fingerprint density at radius 1 is 1.50 bits per heavy atom. The van der Waals surface area contributed by atoms with E-state index in [9.17, 15) is 14.4 Å². The van der Waals surface area contributed by atoms with E-state index < -0.39 is 12.0 Å². The number of thioether (sulfide) groups is 1. The van der Waals surface area contributed by atoms with E-state index in [0.717, 1.165) is 11.8 Å². The average molecular weight is 385 g/mol. The molecule has 0 radical (unpaired) electrons. The van der Waals surface area contributed by atoms with Crippen LogP contribution in [0.1, 0.15) is 20.3 Å². The summed E-state index contributed by atoms with van der Waals surface area (Å²) >= 11 is 3.27. The minimum Gasteiger partial charge on any atom is -0.480 e. The van der Waals surface area contributed by atoms with Gasteiger partial charge in [0.15, 0.2) is 5.12 Å². The van der Waals surface area contributed by atoms with Crippen LogP contribution in [-0.2, 0) is 14.4 Å². The molecule has 0 spiro atoms. The van der Waals surface area contributed by atoms with E-state index in [-0.39, 0.29) is 20.9 Å². The van der Waals surface area contributed by atoms with E-state index in [1.165, 1.54) is 11.8 Å². The van der Waals surface area contributed by atoms with Crippen molar-refractivity contribution in [3.05, 3.63) is 0 Å². The van der Waals surface area contributed by atoms with E-state index >= 15 is 0 Å². The molecule has 0 aromatic carbocycles. The number of rotatable bonds is 4. The van der Waals surface area contributed by atoms with Crippen molar-refractivity contribution in [2.45, 2.75) is 30.2 Å². The van der Waals surface area contributed by atoms with Gasteiger partial charge in [-0.3, -0.25) is 9.59 Å². The molecule has 1 amide bonds. The molecule has 0 aromatic rings. The average Bonchev–Trinajstić information content (AvgIpc) is 2.67. The van der Waals surface area contributed by atoms with Crippen LogP contribution in [0, 0.1) is 5.92 Å². The standard InChI is InChI=1S/C11H16INO4S/c1-6(5-18-7(2)14)10(15)13-4-8(12)3-9(13)11(16)17/h6,8-9H,3-5H2,1-2H3,(H,16,17)/t6?,8-,9-/m0/s1. The molecule has 1 aliphatic rings. The molecule has 1 rings (SSSR count). The summed E-state index contributed by atoms with van der Waals surface area (Å²) in [5.74, 6) is -1.05. The lowest BCUT2D eigenvalue weighted by Gasteiger charge is -2.24. The van der Waals surface area contributed by atoms with Crippen LogP contribution in [0.3, 0.4) is 0 Å². The maximum absolute atomic E-state index is 12.2. The summed E-state index contributed by atoms with van der Waals surface area (Å²) in [6, 6.07) is -0.718. The van der Waals surface area contributed by atoms with E-state index in [1.807, 2.05) is 0 Å². The van der Waals surface area contributed by atoms with Crippen molar-refractivity contribution in [1.82, 2.24) is 4.90 Å². The number of likely N-dealkylation sites (tertiary alicyclic amines) is 1. The molecule has 0 saturated carbocycles. The van der Waals surface area contributed by atoms with Crippen LogP contribution < -0.4 is 0 Å². The van der Waals surface area contributed by atoms with Gasteiger partial charge in [-0.15, -0.1) is 0 Å². The van der Waals surface area contributed by atoms with Crippen LogP contribution in [0.15, 0.2) is 0 Å². The quantitative estimate of drug-likeness (QED) is 0.585. The molecular formula is C11H16INO4S. The lowest BCUT2D eigenvalue weighted by Crippen LogP contribution is -2.43. The topological polar surface area (TPSA) is 74.7 Å². The zero-order valence-corrected chi connectivity index (χ0v) is 13.2. The molecule has 0 aliphatic carbocycles. The summed E-state index contributed by atoms with van der Waals surface area (Å²) < 4.78 is 0.181. The van der Waals surface area contributed by atoms with Crippen molar-refractivity contribution in [2.75, 3.05) is 12.3 Å². The number of carboxylic acids is 1. The number of halogens is 1. The summed E-state index contributed by atoms with van der Waals surface area (Å²) in [7, 11) is 0. The Morgan fingerprint density at radius 2 is 2.11 bits per heavy atom. The first-order chi connectivity index (χ1) is 8.32. The van der Waals surface area contributed by atoms with Crippen molar-refractivity contribution >= 4 is 51.3 Å². The van der Waals surface area contributed by atoms with Gasteiger partial charge in [0.2, 0.25) is 5.91 Å². The third-order valence-electron chi connectivity index (χ3n) is 2.78. The minimum atomic E-state index is -0.950. The predicted octanol–water partition coefficient (Wildman–Crippen LogP) is 1.39. The first-order valence-electron chi connectivity index (χ1n) is 5.63. The van der Waals surface area contributed by atoms with Crippen LogP contribution in [0.5, 0.6) is 0 Å². The number of carbonyl (C=O) groups is 3. The summed E-state index contributed by atoms with van der Waals surface area (Å²) in [4.78, 5) is 35.5. The van der Waals surface area contributed by atoms with Crippen molar-refractivity contribution in [1.29, 1.82) is 0 Å². The second-order valence-corrected chi connectivity index (χ2v) is 7.34. The highest BCUT2D eigenvalue weighted by molar-refractivity contribution is 14.1. The maximum atomic E-state index is 12.2. The molecule has 1 heterocycles. The predicted molar refractivity (Wildman–Crippen MR) is 77.9 cm³/mol. The molecule has 3 atom stereocenters. The lowest BCUT2D eigenvalue weighted by atomic mass is 10.1. The second-order valence-electron chi connectivity index (χ2n) is 4.38. The Kier molecular flexibility index (Phi) is 5.90. The number of nitrogens with zero attached hydrogens (tertiary/aromatic N) is 1. The van der Waals surface area contributed by atoms with Crippen molar-refractivity contribution in [3.8, 4) is 0 Å². The van der Waals surface area contributed by atoms with Gasteiger partial charge in [-0.2, -0.15) is 0 Å². The van der Waals surface area contributed by atoms with Crippen molar-refractivity contribution < 1.29 is 19.5 Å². The van der Waals surface area contributed by atoms with E-state index in [0.29, 0.717) is 18.7 Å². The Hall–Kier alpha value is -0.310. The first kappa shape index (κ1) is 15.7. The molecule has 1 unspecified atom stereocenters. The number of alkyl halides is 1. The molecule has 7 heteroatoms. The van der Waals surface area contributed by atoms with E-state index in [1.54, 1.807) is 6.92 Å². The van der Waals surface area contributed by atoms with Gasteiger partial charge in [0.25, 0.3) is 0 Å². The number of hydrogen-bond acceptors (Lipinski definition) is 4. The van der Waals surface area contributed by atoms with Crippen LogP contribution in [-0.4, -0.2) is 49.3 Å². The molecule has 1 N–H and O–H groups in total. The van der Waals surface area contributed by atoms with Gasteiger partial charge >= 0.3 is 5.97 Å². The molecule has 1 saturated heterocycles. The Morgan fingerprint density at radius 3 is 2.61 bits per heavy atom. The highest BCUT2D eigenvalue weighted by Crippen LogP contribution is 2.26. The Labute approximate surface area is 124 Å². The molecule has 18 heavy (non-hydrogen) atoms. The molecule has 0 aromatic heterocycles. The summed E-state index contributed by atoms with van der Waals surface area (Å²) in [6.45, 7) is 3.67. The fourth-order valence-corrected chi connectivity index (χ4v) is 3.39. The van der Waals surface area contributed by atoms with Gasteiger partial charge in [0, 0.05) is 29.1 Å². The normalized spacial score (nSPS) is 24.9. The summed E-state index contributed by atoms with van der Waals surface area (Å²) in [5.41, 5.74) is 0. The third-order valence-corrected chi connectivity index (χ3v) is 4.75. The van der Waals surface area contributed by atoms with Gasteiger partial charge in [-0.05, 0) is 6.42 Å². The van der Waals surface area contributed by atoms with Gasteiger partial charge in [0.05, 0.1) is 0 Å². The van der Waals surface area contributed by atoms with Gasteiger partial charge in [-0.1, -0.05) is 41.3 Å². The van der Waals surface area contributed by atoms with Crippen LogP contribution in [0.25, 0.3) is 0 Å². The molecule has 1 fully saturated rings. The molecule has 0 bridgehead atoms. The second kappa shape index (κ2) is 6.74. The number of amides is 1. The molecule has 1 aliphatic heterocycles. The summed E-state index contributed by atoms with van der Waals surface area (Å²) in [6.07, 6.45) is 0.494. The van der Waals surface area contributed by atoms with Gasteiger partial charge < -0.3 is 10.0 Å². The zero-order chi connectivity index (χ0) is 13.9. The maximum Gasteiger partial charge on any atom is 0.326 e. The highest BCUT2D eigenvalue weighted by atomic mass is 127. The molecule has 102 valence electrons. The smallest absolute Gasteiger partial charge is 0.326 e. The first-order valence-corrected chi connectivity index (χ1v) is 7.86. The van der Waals surface area contributed by atoms with Crippen LogP contribution in [0.4, 0.5) is 0 Å². The number of carboxylic acid groups (broad SMARTS) is 1. The number of hydrogen-bond donors (Lipinski definition) is 1. The zero-order valence-electron chi connectivity index (χ0n) is 10.3. The van der Waals surface area contributed by atoms with Crippen LogP contribution in [0.2, 0.25) is 0 Å². The molecule has 5 nitrogen and oxygen atoms in total. The molecular weight excluding hydrogens is 369 g/mol.